The SMILES string of the molecule is Cc1cc(C)c(CNC2=NCCN2C)c(C)c1. The van der Waals surface area contributed by atoms with Crippen LogP contribution in [0.15, 0.2) is 17.1 Å². The molecule has 0 bridgehead atoms. The molecule has 3 nitrogen and oxygen atoms in total. The van der Waals surface area contributed by atoms with Gasteiger partial charge in [-0.25, -0.2) is 0 Å². The zero-order chi connectivity index (χ0) is 12.4. The van der Waals surface area contributed by atoms with Gasteiger partial charge in [0, 0.05) is 20.1 Å². The molecule has 1 N–H and O–H groups in total. The predicted molar refractivity (Wildman–Crippen MR) is 72.4 cm³/mol. The first kappa shape index (κ1) is 12.0. The third kappa shape index (κ3) is 2.60. The fraction of sp³-hybridized carbons (Fsp3) is 0.500. The Bertz CT molecular complexity index is 426. The molecule has 0 amide bonds. The van der Waals surface area contributed by atoms with E-state index in [1.807, 2.05) is 0 Å². The van der Waals surface area contributed by atoms with E-state index in [9.17, 15) is 0 Å². The van der Waals surface area contributed by atoms with E-state index in [4.69, 9.17) is 0 Å². The highest BCUT2D eigenvalue weighted by Crippen LogP contribution is 2.16. The Balaban J connectivity index is 2.09. The lowest BCUT2D eigenvalue weighted by molar-refractivity contribution is 0.533. The second-order valence-electron chi connectivity index (χ2n) is 4.86. The standard InChI is InChI=1S/C14H21N3/c1-10-7-11(2)13(12(3)8-10)9-16-14-15-5-6-17(14)4/h7-8H,5-6,9H2,1-4H3,(H,15,16). The molecule has 0 atom stereocenters. The Labute approximate surface area is 104 Å². The highest BCUT2D eigenvalue weighted by atomic mass is 15.3. The molecule has 0 spiro atoms. The van der Waals surface area contributed by atoms with Crippen LogP contribution in [-0.4, -0.2) is 31.0 Å². The minimum absolute atomic E-state index is 0.862. The van der Waals surface area contributed by atoms with Crippen LogP contribution in [0, 0.1) is 20.8 Å². The summed E-state index contributed by atoms with van der Waals surface area (Å²) >= 11 is 0. The first-order chi connectivity index (χ1) is 8.08. The van der Waals surface area contributed by atoms with E-state index in [1.54, 1.807) is 0 Å². The van der Waals surface area contributed by atoms with Crippen molar-refractivity contribution in [1.29, 1.82) is 0 Å². The first-order valence-corrected chi connectivity index (χ1v) is 6.14. The van der Waals surface area contributed by atoms with E-state index in [1.165, 1.54) is 22.3 Å². The fourth-order valence-electron chi connectivity index (χ4n) is 2.38. The van der Waals surface area contributed by atoms with E-state index in [2.05, 4.69) is 55.2 Å². The maximum atomic E-state index is 4.44. The number of benzene rings is 1. The Hall–Kier alpha value is -1.51. The van der Waals surface area contributed by atoms with Crippen molar-refractivity contribution in [3.05, 3.63) is 34.4 Å². The zero-order valence-electron chi connectivity index (χ0n) is 11.2. The Kier molecular flexibility index (Phi) is 3.36. The van der Waals surface area contributed by atoms with Crippen molar-refractivity contribution in [2.45, 2.75) is 27.3 Å². The van der Waals surface area contributed by atoms with Gasteiger partial charge in [-0.3, -0.25) is 4.99 Å². The molecule has 1 aliphatic heterocycles. The molecule has 1 aromatic rings. The summed E-state index contributed by atoms with van der Waals surface area (Å²) in [6.45, 7) is 9.29. The lowest BCUT2D eigenvalue weighted by atomic mass is 10.00. The van der Waals surface area contributed by atoms with Crippen LogP contribution in [0.2, 0.25) is 0 Å². The number of nitrogens with zero attached hydrogens (tertiary/aromatic N) is 2. The second kappa shape index (κ2) is 4.78. The maximum Gasteiger partial charge on any atom is 0.194 e. The summed E-state index contributed by atoms with van der Waals surface area (Å²) in [6, 6.07) is 4.48. The predicted octanol–water partition coefficient (Wildman–Crippen LogP) is 2.00. The number of rotatable bonds is 2. The van der Waals surface area contributed by atoms with Crippen LogP contribution in [0.4, 0.5) is 0 Å². The number of nitrogens with one attached hydrogen (secondary N) is 1. The van der Waals surface area contributed by atoms with Crippen molar-refractivity contribution in [2.75, 3.05) is 20.1 Å². The van der Waals surface area contributed by atoms with Gasteiger partial charge in [-0.2, -0.15) is 0 Å². The summed E-state index contributed by atoms with van der Waals surface area (Å²) < 4.78 is 0. The van der Waals surface area contributed by atoms with Crippen molar-refractivity contribution < 1.29 is 0 Å². The fourth-order valence-corrected chi connectivity index (χ4v) is 2.38. The number of aryl methyl sites for hydroxylation is 3. The van der Waals surface area contributed by atoms with E-state index >= 15 is 0 Å². The molecule has 0 unspecified atom stereocenters. The van der Waals surface area contributed by atoms with Crippen LogP contribution in [0.3, 0.4) is 0 Å². The summed E-state index contributed by atoms with van der Waals surface area (Å²) in [5, 5.41) is 3.42. The molecule has 2 rings (SSSR count). The molecular weight excluding hydrogens is 210 g/mol. The Morgan fingerprint density at radius 3 is 2.41 bits per heavy atom. The highest BCUT2D eigenvalue weighted by Gasteiger charge is 2.12. The van der Waals surface area contributed by atoms with Crippen molar-refractivity contribution >= 4 is 5.96 Å². The molecule has 1 heterocycles. The van der Waals surface area contributed by atoms with Crippen LogP contribution >= 0.6 is 0 Å². The second-order valence-corrected chi connectivity index (χ2v) is 4.86. The largest absolute Gasteiger partial charge is 0.352 e. The molecular formula is C14H21N3. The maximum absolute atomic E-state index is 4.44. The molecule has 0 fully saturated rings. The Morgan fingerprint density at radius 2 is 1.88 bits per heavy atom. The molecule has 92 valence electrons. The molecule has 17 heavy (non-hydrogen) atoms. The van der Waals surface area contributed by atoms with Gasteiger partial charge in [0.2, 0.25) is 0 Å². The van der Waals surface area contributed by atoms with E-state index in [0.29, 0.717) is 0 Å². The zero-order valence-corrected chi connectivity index (χ0v) is 11.2. The lowest BCUT2D eigenvalue weighted by Crippen LogP contribution is -2.35. The van der Waals surface area contributed by atoms with E-state index in [0.717, 1.165) is 25.6 Å². The monoisotopic (exact) mass is 231 g/mol. The molecule has 0 aromatic heterocycles. The van der Waals surface area contributed by atoms with Crippen LogP contribution in [0.1, 0.15) is 22.3 Å². The summed E-state index contributed by atoms with van der Waals surface area (Å²) in [6.07, 6.45) is 0. The van der Waals surface area contributed by atoms with Gasteiger partial charge in [-0.05, 0) is 37.5 Å². The number of likely N-dealkylation sites (N-methyl/N-ethyl adjacent to an activating group) is 1. The Morgan fingerprint density at radius 1 is 1.24 bits per heavy atom. The van der Waals surface area contributed by atoms with Gasteiger partial charge in [-0.15, -0.1) is 0 Å². The molecule has 0 radical (unpaired) electrons. The summed E-state index contributed by atoms with van der Waals surface area (Å²) in [4.78, 5) is 6.61. The average Bonchev–Trinajstić information content (AvgIpc) is 2.62. The molecule has 0 aliphatic carbocycles. The normalized spacial score (nSPS) is 15.1. The number of hydrogen-bond acceptors (Lipinski definition) is 3. The molecule has 3 heteroatoms. The van der Waals surface area contributed by atoms with Crippen LogP contribution in [0.25, 0.3) is 0 Å². The molecule has 1 aromatic carbocycles. The minimum Gasteiger partial charge on any atom is -0.352 e. The van der Waals surface area contributed by atoms with Crippen molar-refractivity contribution in [1.82, 2.24) is 10.2 Å². The van der Waals surface area contributed by atoms with Gasteiger partial charge < -0.3 is 10.2 Å². The van der Waals surface area contributed by atoms with Gasteiger partial charge >= 0.3 is 0 Å². The van der Waals surface area contributed by atoms with Crippen molar-refractivity contribution in [2.24, 2.45) is 4.99 Å². The topological polar surface area (TPSA) is 27.6 Å². The smallest absolute Gasteiger partial charge is 0.194 e. The third-order valence-corrected chi connectivity index (χ3v) is 3.32. The van der Waals surface area contributed by atoms with Crippen LogP contribution < -0.4 is 5.32 Å². The summed E-state index contributed by atoms with van der Waals surface area (Å²) in [5.74, 6) is 1.02. The quantitative estimate of drug-likeness (QED) is 0.843. The van der Waals surface area contributed by atoms with Gasteiger partial charge in [0.15, 0.2) is 5.96 Å². The third-order valence-electron chi connectivity index (χ3n) is 3.32. The van der Waals surface area contributed by atoms with Crippen LogP contribution in [-0.2, 0) is 6.54 Å². The van der Waals surface area contributed by atoms with E-state index < -0.39 is 0 Å². The van der Waals surface area contributed by atoms with Crippen LogP contribution in [0.5, 0.6) is 0 Å². The number of hydrogen-bond donors (Lipinski definition) is 1. The van der Waals surface area contributed by atoms with Gasteiger partial charge in [0.1, 0.15) is 0 Å². The summed E-state index contributed by atoms with van der Waals surface area (Å²) in [7, 11) is 2.08. The molecule has 1 aliphatic rings. The number of aliphatic imine (C=N–C) groups is 1. The van der Waals surface area contributed by atoms with E-state index in [-0.39, 0.29) is 0 Å². The average molecular weight is 231 g/mol. The van der Waals surface area contributed by atoms with Gasteiger partial charge in [-0.1, -0.05) is 17.7 Å². The number of guanidine groups is 1. The highest BCUT2D eigenvalue weighted by molar-refractivity contribution is 5.81. The summed E-state index contributed by atoms with van der Waals surface area (Å²) in [5.41, 5.74) is 5.44. The molecule has 0 saturated heterocycles. The molecule has 0 saturated carbocycles. The van der Waals surface area contributed by atoms with Crippen molar-refractivity contribution in [3.63, 3.8) is 0 Å². The lowest BCUT2D eigenvalue weighted by Gasteiger charge is -2.17. The minimum atomic E-state index is 0.862. The van der Waals surface area contributed by atoms with Crippen molar-refractivity contribution in [3.8, 4) is 0 Å². The first-order valence-electron chi connectivity index (χ1n) is 6.14. The van der Waals surface area contributed by atoms with Gasteiger partial charge in [0.05, 0.1) is 6.54 Å². The van der Waals surface area contributed by atoms with Gasteiger partial charge in [0.25, 0.3) is 0 Å².